The number of hydrogen-bond donors (Lipinski definition) is 1. The van der Waals surface area contributed by atoms with Crippen LogP contribution in [0.25, 0.3) is 0 Å². The summed E-state index contributed by atoms with van der Waals surface area (Å²) in [5.74, 6) is -0.982. The second-order valence-electron chi connectivity index (χ2n) is 5.21. The van der Waals surface area contributed by atoms with Crippen molar-refractivity contribution in [2.75, 3.05) is 6.54 Å². The van der Waals surface area contributed by atoms with Crippen molar-refractivity contribution < 1.29 is 19.0 Å². The van der Waals surface area contributed by atoms with E-state index in [2.05, 4.69) is 0 Å². The molecule has 1 heterocycles. The number of alkyl halides is 1. The largest absolute Gasteiger partial charge is 0.480 e. The Morgan fingerprint density at radius 2 is 2.12 bits per heavy atom. The fourth-order valence-electron chi connectivity index (χ4n) is 2.03. The summed E-state index contributed by atoms with van der Waals surface area (Å²) >= 11 is 0. The number of likely N-dealkylation sites (tertiary alicyclic amines) is 1. The first-order valence-corrected chi connectivity index (χ1v) is 5.51. The summed E-state index contributed by atoms with van der Waals surface area (Å²) in [4.78, 5) is 12.5. The van der Waals surface area contributed by atoms with Gasteiger partial charge in [-0.15, -0.1) is 0 Å². The Bertz CT molecular complexity index is 264. The van der Waals surface area contributed by atoms with Crippen LogP contribution < -0.4 is 0 Å². The molecule has 0 aromatic rings. The first-order chi connectivity index (χ1) is 7.20. The molecule has 0 radical (unpaired) electrons. The van der Waals surface area contributed by atoms with Crippen molar-refractivity contribution in [3.05, 3.63) is 0 Å². The van der Waals surface area contributed by atoms with E-state index in [-0.39, 0.29) is 24.8 Å². The van der Waals surface area contributed by atoms with Crippen LogP contribution in [0.1, 0.15) is 34.1 Å². The molecule has 1 N–H and O–H groups in total. The van der Waals surface area contributed by atoms with Crippen molar-refractivity contribution in [2.45, 2.75) is 58.2 Å². The SMILES string of the molecule is CC(OC(C)(C)C)N1CC(F)CC1C(=O)O. The van der Waals surface area contributed by atoms with E-state index in [4.69, 9.17) is 9.84 Å². The Labute approximate surface area is 95.4 Å². The number of rotatable bonds is 3. The average molecular weight is 233 g/mol. The fraction of sp³-hybridized carbons (Fsp3) is 0.909. The molecule has 0 aliphatic carbocycles. The molecule has 1 aliphatic heterocycles. The van der Waals surface area contributed by atoms with Crippen LogP contribution in [0.4, 0.5) is 4.39 Å². The summed E-state index contributed by atoms with van der Waals surface area (Å²) in [5.41, 5.74) is -0.364. The Balaban J connectivity index is 2.67. The van der Waals surface area contributed by atoms with Gasteiger partial charge in [0.25, 0.3) is 0 Å². The number of hydrogen-bond acceptors (Lipinski definition) is 3. The predicted molar refractivity (Wildman–Crippen MR) is 57.9 cm³/mol. The summed E-state index contributed by atoms with van der Waals surface area (Å²) in [5, 5.41) is 8.98. The van der Waals surface area contributed by atoms with Gasteiger partial charge in [-0.25, -0.2) is 4.39 Å². The van der Waals surface area contributed by atoms with E-state index in [1.165, 1.54) is 0 Å². The molecule has 3 unspecified atom stereocenters. The zero-order valence-corrected chi connectivity index (χ0v) is 10.2. The van der Waals surface area contributed by atoms with Gasteiger partial charge in [0.15, 0.2) is 0 Å². The third-order valence-electron chi connectivity index (χ3n) is 2.56. The number of halogens is 1. The molecule has 1 saturated heterocycles. The highest BCUT2D eigenvalue weighted by Gasteiger charge is 2.40. The van der Waals surface area contributed by atoms with E-state index in [1.807, 2.05) is 20.8 Å². The molecule has 4 nitrogen and oxygen atoms in total. The van der Waals surface area contributed by atoms with Gasteiger partial charge in [-0.05, 0) is 27.7 Å². The highest BCUT2D eigenvalue weighted by atomic mass is 19.1. The van der Waals surface area contributed by atoms with Crippen LogP contribution >= 0.6 is 0 Å². The van der Waals surface area contributed by atoms with Crippen LogP contribution in [-0.4, -0.2) is 46.6 Å². The minimum Gasteiger partial charge on any atom is -0.480 e. The number of ether oxygens (including phenoxy) is 1. The number of nitrogens with zero attached hydrogens (tertiary/aromatic N) is 1. The summed E-state index contributed by atoms with van der Waals surface area (Å²) in [7, 11) is 0. The van der Waals surface area contributed by atoms with Gasteiger partial charge in [-0.1, -0.05) is 0 Å². The second-order valence-corrected chi connectivity index (χ2v) is 5.21. The van der Waals surface area contributed by atoms with E-state index >= 15 is 0 Å². The Morgan fingerprint density at radius 3 is 2.56 bits per heavy atom. The minimum absolute atomic E-state index is 0.0488. The number of carboxylic acids is 1. The molecule has 0 bridgehead atoms. The number of carbonyl (C=O) groups is 1. The molecule has 0 spiro atoms. The van der Waals surface area contributed by atoms with Gasteiger partial charge < -0.3 is 9.84 Å². The zero-order chi connectivity index (χ0) is 12.5. The number of aliphatic carboxylic acids is 1. The molecule has 94 valence electrons. The Kier molecular flexibility index (Phi) is 3.91. The minimum atomic E-state index is -1.08. The Morgan fingerprint density at radius 1 is 1.56 bits per heavy atom. The zero-order valence-electron chi connectivity index (χ0n) is 10.2. The van der Waals surface area contributed by atoms with Crippen molar-refractivity contribution in [3.63, 3.8) is 0 Å². The van der Waals surface area contributed by atoms with Gasteiger partial charge >= 0.3 is 5.97 Å². The van der Waals surface area contributed by atoms with Crippen molar-refractivity contribution >= 4 is 5.97 Å². The van der Waals surface area contributed by atoms with E-state index in [0.29, 0.717) is 0 Å². The van der Waals surface area contributed by atoms with Gasteiger partial charge in [0, 0.05) is 13.0 Å². The lowest BCUT2D eigenvalue weighted by Gasteiger charge is -2.33. The van der Waals surface area contributed by atoms with Crippen molar-refractivity contribution in [3.8, 4) is 0 Å². The van der Waals surface area contributed by atoms with Gasteiger partial charge in [0.2, 0.25) is 0 Å². The van der Waals surface area contributed by atoms with Gasteiger partial charge in [0.05, 0.1) is 5.60 Å². The lowest BCUT2D eigenvalue weighted by molar-refractivity contribution is -0.157. The highest BCUT2D eigenvalue weighted by molar-refractivity contribution is 5.74. The lowest BCUT2D eigenvalue weighted by atomic mass is 10.2. The third-order valence-corrected chi connectivity index (χ3v) is 2.56. The van der Waals surface area contributed by atoms with E-state index in [1.54, 1.807) is 11.8 Å². The monoisotopic (exact) mass is 233 g/mol. The quantitative estimate of drug-likeness (QED) is 0.805. The average Bonchev–Trinajstić information content (AvgIpc) is 2.44. The molecule has 5 heteroatoms. The molecule has 3 atom stereocenters. The van der Waals surface area contributed by atoms with E-state index in [9.17, 15) is 9.18 Å². The summed E-state index contributed by atoms with van der Waals surface area (Å²) in [6.07, 6.45) is -1.42. The normalized spacial score (nSPS) is 29.3. The molecular weight excluding hydrogens is 213 g/mol. The topological polar surface area (TPSA) is 49.8 Å². The molecule has 0 aromatic heterocycles. The van der Waals surface area contributed by atoms with Crippen LogP contribution in [0, 0.1) is 0 Å². The molecule has 0 saturated carbocycles. The number of carboxylic acid groups (broad SMARTS) is 1. The molecule has 0 aromatic carbocycles. The maximum Gasteiger partial charge on any atom is 0.321 e. The molecular formula is C11H20FNO3. The summed E-state index contributed by atoms with van der Waals surface area (Å²) in [6.45, 7) is 7.57. The lowest BCUT2D eigenvalue weighted by Crippen LogP contribution is -2.45. The predicted octanol–water partition coefficient (Wildman–Crippen LogP) is 1.64. The molecule has 1 aliphatic rings. The Hall–Kier alpha value is -0.680. The van der Waals surface area contributed by atoms with Crippen LogP contribution in [-0.2, 0) is 9.53 Å². The molecule has 1 fully saturated rings. The van der Waals surface area contributed by atoms with Gasteiger partial charge in [-0.3, -0.25) is 9.69 Å². The van der Waals surface area contributed by atoms with Gasteiger partial charge in [-0.2, -0.15) is 0 Å². The third kappa shape index (κ3) is 3.42. The van der Waals surface area contributed by atoms with Crippen LogP contribution in [0.3, 0.4) is 0 Å². The van der Waals surface area contributed by atoms with Crippen LogP contribution in [0.5, 0.6) is 0 Å². The van der Waals surface area contributed by atoms with Crippen LogP contribution in [0.2, 0.25) is 0 Å². The first-order valence-electron chi connectivity index (χ1n) is 5.51. The van der Waals surface area contributed by atoms with E-state index < -0.39 is 18.2 Å². The highest BCUT2D eigenvalue weighted by Crippen LogP contribution is 2.25. The van der Waals surface area contributed by atoms with Crippen molar-refractivity contribution in [1.29, 1.82) is 0 Å². The smallest absolute Gasteiger partial charge is 0.321 e. The van der Waals surface area contributed by atoms with Gasteiger partial charge in [0.1, 0.15) is 18.4 Å². The van der Waals surface area contributed by atoms with Crippen LogP contribution in [0.15, 0.2) is 0 Å². The molecule has 0 amide bonds. The summed E-state index contributed by atoms with van der Waals surface area (Å²) < 4.78 is 18.9. The summed E-state index contributed by atoms with van der Waals surface area (Å²) in [6, 6.07) is -0.771. The molecule has 16 heavy (non-hydrogen) atoms. The maximum atomic E-state index is 13.2. The first kappa shape index (κ1) is 13.4. The van der Waals surface area contributed by atoms with Crippen molar-refractivity contribution in [1.82, 2.24) is 4.90 Å². The fourth-order valence-corrected chi connectivity index (χ4v) is 2.03. The van der Waals surface area contributed by atoms with E-state index in [0.717, 1.165) is 0 Å². The van der Waals surface area contributed by atoms with Crippen molar-refractivity contribution in [2.24, 2.45) is 0 Å². The standard InChI is InChI=1S/C11H20FNO3/c1-7(16-11(2,3)4)13-6-8(12)5-9(13)10(14)15/h7-9H,5-6H2,1-4H3,(H,14,15). The molecule has 1 rings (SSSR count). The maximum absolute atomic E-state index is 13.2. The second kappa shape index (κ2) is 4.67.